The van der Waals surface area contributed by atoms with Crippen molar-refractivity contribution in [3.8, 4) is 0 Å². The first-order valence-corrected chi connectivity index (χ1v) is 4.82. The standard InChI is InChI=1S/C9H19N3O2/c1-7(2)4-3-5-11-6-8(13)12-9(10)14/h7,11H,3-6H2,1-2H3,(H3,10,12,13,14). The highest BCUT2D eigenvalue weighted by atomic mass is 16.2. The second-order valence-electron chi connectivity index (χ2n) is 3.63. The molecule has 0 radical (unpaired) electrons. The van der Waals surface area contributed by atoms with Crippen LogP contribution in [0.3, 0.4) is 0 Å². The van der Waals surface area contributed by atoms with E-state index in [4.69, 9.17) is 5.73 Å². The van der Waals surface area contributed by atoms with Gasteiger partial charge in [-0.05, 0) is 25.3 Å². The van der Waals surface area contributed by atoms with Crippen molar-refractivity contribution in [1.82, 2.24) is 10.6 Å². The third-order valence-electron chi connectivity index (χ3n) is 1.68. The molecule has 5 heteroatoms. The minimum absolute atomic E-state index is 0.140. The molecule has 5 nitrogen and oxygen atoms in total. The van der Waals surface area contributed by atoms with Crippen molar-refractivity contribution in [2.75, 3.05) is 13.1 Å². The molecule has 0 heterocycles. The molecule has 0 bridgehead atoms. The normalized spacial score (nSPS) is 10.2. The van der Waals surface area contributed by atoms with E-state index in [2.05, 4.69) is 19.2 Å². The summed E-state index contributed by atoms with van der Waals surface area (Å²) >= 11 is 0. The van der Waals surface area contributed by atoms with Crippen molar-refractivity contribution in [2.24, 2.45) is 11.7 Å². The van der Waals surface area contributed by atoms with Crippen LogP contribution in [-0.2, 0) is 4.79 Å². The average molecular weight is 201 g/mol. The van der Waals surface area contributed by atoms with E-state index < -0.39 is 6.03 Å². The van der Waals surface area contributed by atoms with Gasteiger partial charge in [-0.25, -0.2) is 4.79 Å². The summed E-state index contributed by atoms with van der Waals surface area (Å²) < 4.78 is 0. The second-order valence-corrected chi connectivity index (χ2v) is 3.63. The molecule has 0 aromatic heterocycles. The molecule has 0 aromatic carbocycles. The predicted molar refractivity (Wildman–Crippen MR) is 54.7 cm³/mol. The molecule has 0 aliphatic heterocycles. The maximum absolute atomic E-state index is 10.9. The Morgan fingerprint density at radius 1 is 1.36 bits per heavy atom. The Balaban J connectivity index is 3.27. The topological polar surface area (TPSA) is 84.2 Å². The number of urea groups is 1. The highest BCUT2D eigenvalue weighted by molar-refractivity contribution is 5.94. The minimum atomic E-state index is -0.806. The number of nitrogens with two attached hydrogens (primary N) is 1. The van der Waals surface area contributed by atoms with Gasteiger partial charge in [0, 0.05) is 0 Å². The Morgan fingerprint density at radius 2 is 2.00 bits per heavy atom. The Labute approximate surface area is 84.4 Å². The summed E-state index contributed by atoms with van der Waals surface area (Å²) in [5.74, 6) is 0.290. The highest BCUT2D eigenvalue weighted by Gasteiger charge is 2.02. The third-order valence-corrected chi connectivity index (χ3v) is 1.68. The number of primary amides is 1. The van der Waals surface area contributed by atoms with Crippen LogP contribution in [-0.4, -0.2) is 25.0 Å². The van der Waals surface area contributed by atoms with Crippen LogP contribution in [0.25, 0.3) is 0 Å². The van der Waals surface area contributed by atoms with Crippen LogP contribution in [0.15, 0.2) is 0 Å². The zero-order valence-electron chi connectivity index (χ0n) is 8.80. The van der Waals surface area contributed by atoms with Crippen LogP contribution in [0.2, 0.25) is 0 Å². The van der Waals surface area contributed by atoms with E-state index in [9.17, 15) is 9.59 Å². The first-order valence-electron chi connectivity index (χ1n) is 4.82. The van der Waals surface area contributed by atoms with Crippen LogP contribution >= 0.6 is 0 Å². The number of amides is 3. The van der Waals surface area contributed by atoms with E-state index in [0.29, 0.717) is 5.92 Å². The van der Waals surface area contributed by atoms with Gasteiger partial charge in [-0.15, -0.1) is 0 Å². The Hall–Kier alpha value is -1.10. The molecule has 0 aliphatic carbocycles. The van der Waals surface area contributed by atoms with Crippen LogP contribution in [0, 0.1) is 5.92 Å². The van der Waals surface area contributed by atoms with E-state index in [1.165, 1.54) is 0 Å². The number of carbonyl (C=O) groups excluding carboxylic acids is 2. The highest BCUT2D eigenvalue weighted by Crippen LogP contribution is 2.01. The fraction of sp³-hybridized carbons (Fsp3) is 0.778. The molecular weight excluding hydrogens is 182 g/mol. The molecular formula is C9H19N3O2. The van der Waals surface area contributed by atoms with Gasteiger partial charge < -0.3 is 11.1 Å². The number of hydrogen-bond acceptors (Lipinski definition) is 3. The molecule has 0 fully saturated rings. The average Bonchev–Trinajstić information content (AvgIpc) is 2.01. The zero-order valence-corrected chi connectivity index (χ0v) is 8.80. The van der Waals surface area contributed by atoms with E-state index in [0.717, 1.165) is 19.4 Å². The summed E-state index contributed by atoms with van der Waals surface area (Å²) in [4.78, 5) is 21.1. The SMILES string of the molecule is CC(C)CCCNCC(=O)NC(N)=O. The Bertz CT molecular complexity index is 192. The van der Waals surface area contributed by atoms with E-state index in [1.54, 1.807) is 0 Å². The summed E-state index contributed by atoms with van der Waals surface area (Å²) in [6.45, 7) is 5.23. The molecule has 14 heavy (non-hydrogen) atoms. The van der Waals surface area contributed by atoms with Gasteiger partial charge in [-0.3, -0.25) is 10.1 Å². The first kappa shape index (κ1) is 12.9. The Kier molecular flexibility index (Phi) is 6.74. The van der Waals surface area contributed by atoms with E-state index in [-0.39, 0.29) is 12.5 Å². The number of nitrogens with one attached hydrogen (secondary N) is 2. The molecule has 4 N–H and O–H groups in total. The van der Waals surface area contributed by atoms with E-state index in [1.807, 2.05) is 5.32 Å². The van der Waals surface area contributed by atoms with Gasteiger partial charge in [-0.1, -0.05) is 13.8 Å². The van der Waals surface area contributed by atoms with Gasteiger partial charge >= 0.3 is 6.03 Å². The van der Waals surface area contributed by atoms with Crippen LogP contribution in [0.4, 0.5) is 4.79 Å². The maximum atomic E-state index is 10.9. The van der Waals surface area contributed by atoms with E-state index >= 15 is 0 Å². The lowest BCUT2D eigenvalue weighted by atomic mass is 10.1. The van der Waals surface area contributed by atoms with Gasteiger partial charge in [0.25, 0.3) is 0 Å². The second kappa shape index (κ2) is 7.32. The summed E-state index contributed by atoms with van der Waals surface area (Å²) in [6.07, 6.45) is 2.16. The number of carbonyl (C=O) groups is 2. The lowest BCUT2D eigenvalue weighted by Gasteiger charge is -2.05. The molecule has 82 valence electrons. The quantitative estimate of drug-likeness (QED) is 0.537. The molecule has 0 unspecified atom stereocenters. The fourth-order valence-corrected chi connectivity index (χ4v) is 1.02. The molecule has 0 saturated carbocycles. The molecule has 0 atom stereocenters. The molecule has 0 rings (SSSR count). The van der Waals surface area contributed by atoms with Gasteiger partial charge in [0.2, 0.25) is 5.91 Å². The van der Waals surface area contributed by atoms with Crippen molar-refractivity contribution in [2.45, 2.75) is 26.7 Å². The van der Waals surface area contributed by atoms with Crippen LogP contribution < -0.4 is 16.4 Å². The molecule has 0 saturated heterocycles. The molecule has 0 aliphatic rings. The summed E-state index contributed by atoms with van der Waals surface area (Å²) in [6, 6.07) is -0.806. The third kappa shape index (κ3) is 8.99. The predicted octanol–water partition coefficient (Wildman–Crippen LogP) is 0.207. The number of rotatable bonds is 6. The first-order chi connectivity index (χ1) is 6.52. The maximum Gasteiger partial charge on any atom is 0.318 e. The molecule has 0 aromatic rings. The van der Waals surface area contributed by atoms with Gasteiger partial charge in [0.15, 0.2) is 0 Å². The molecule has 0 spiro atoms. The molecule has 3 amide bonds. The smallest absolute Gasteiger partial charge is 0.318 e. The zero-order chi connectivity index (χ0) is 11.0. The van der Waals surface area contributed by atoms with Crippen LogP contribution in [0.1, 0.15) is 26.7 Å². The monoisotopic (exact) mass is 201 g/mol. The number of hydrogen-bond donors (Lipinski definition) is 3. The van der Waals surface area contributed by atoms with Crippen molar-refractivity contribution in [3.05, 3.63) is 0 Å². The summed E-state index contributed by atoms with van der Waals surface area (Å²) in [5.41, 5.74) is 4.76. The van der Waals surface area contributed by atoms with Gasteiger partial charge in [0.1, 0.15) is 0 Å². The lowest BCUT2D eigenvalue weighted by Crippen LogP contribution is -2.40. The minimum Gasteiger partial charge on any atom is -0.351 e. The van der Waals surface area contributed by atoms with Gasteiger partial charge in [-0.2, -0.15) is 0 Å². The van der Waals surface area contributed by atoms with Crippen molar-refractivity contribution in [1.29, 1.82) is 0 Å². The lowest BCUT2D eigenvalue weighted by molar-refractivity contribution is -0.119. The fourth-order valence-electron chi connectivity index (χ4n) is 1.02. The largest absolute Gasteiger partial charge is 0.351 e. The van der Waals surface area contributed by atoms with Crippen molar-refractivity contribution < 1.29 is 9.59 Å². The summed E-state index contributed by atoms with van der Waals surface area (Å²) in [7, 11) is 0. The van der Waals surface area contributed by atoms with Crippen molar-refractivity contribution >= 4 is 11.9 Å². The number of imide groups is 1. The Morgan fingerprint density at radius 3 is 2.50 bits per heavy atom. The van der Waals surface area contributed by atoms with Crippen molar-refractivity contribution in [3.63, 3.8) is 0 Å². The summed E-state index contributed by atoms with van der Waals surface area (Å²) in [5, 5.41) is 4.91. The van der Waals surface area contributed by atoms with Gasteiger partial charge in [0.05, 0.1) is 6.54 Å². The van der Waals surface area contributed by atoms with Crippen LogP contribution in [0.5, 0.6) is 0 Å².